The number of nitrogens with zero attached hydrogens (tertiary/aromatic N) is 1. The second-order valence-corrected chi connectivity index (χ2v) is 8.95. The molecule has 0 spiro atoms. The van der Waals surface area contributed by atoms with E-state index in [9.17, 15) is 19.5 Å². The molecule has 0 bridgehead atoms. The molecular weight excluding hydrogens is 458 g/mol. The highest BCUT2D eigenvalue weighted by atomic mass is 16.6. The summed E-state index contributed by atoms with van der Waals surface area (Å²) in [4.78, 5) is 39.4. The van der Waals surface area contributed by atoms with Gasteiger partial charge in [-0.15, -0.1) is 0 Å². The van der Waals surface area contributed by atoms with E-state index in [-0.39, 0.29) is 31.9 Å². The topological polar surface area (TPSA) is 93.1 Å². The molecule has 0 aliphatic carbocycles. The molecule has 1 aliphatic rings. The number of carbonyl (C=O) groups excluding carboxylic acids is 2. The first-order valence-electron chi connectivity index (χ1n) is 11.9. The van der Waals surface area contributed by atoms with E-state index >= 15 is 0 Å². The number of amides is 1. The average molecular weight is 488 g/mol. The SMILES string of the molecule is CCC(=O)c1ccc(OCc2ccccc2)c(C)c1C1(C(=O)O)CN(C(=O)OCc2ccccc2)C1. The fraction of sp³-hybridized carbons (Fsp3) is 0.276. The molecule has 7 nitrogen and oxygen atoms in total. The number of carboxylic acid groups (broad SMARTS) is 1. The largest absolute Gasteiger partial charge is 0.489 e. The van der Waals surface area contributed by atoms with Crippen LogP contribution in [0.2, 0.25) is 0 Å². The Labute approximate surface area is 210 Å². The highest BCUT2D eigenvalue weighted by molar-refractivity contribution is 6.01. The van der Waals surface area contributed by atoms with Crippen molar-refractivity contribution in [2.75, 3.05) is 13.1 Å². The molecule has 4 rings (SSSR count). The number of carbonyl (C=O) groups is 3. The molecule has 36 heavy (non-hydrogen) atoms. The Hall–Kier alpha value is -4.13. The fourth-order valence-corrected chi connectivity index (χ4v) is 4.57. The molecule has 1 aliphatic heterocycles. The average Bonchev–Trinajstić information content (AvgIpc) is 2.87. The van der Waals surface area contributed by atoms with Crippen molar-refractivity contribution in [1.82, 2.24) is 4.90 Å². The van der Waals surface area contributed by atoms with E-state index in [4.69, 9.17) is 9.47 Å². The first kappa shape index (κ1) is 25.0. The van der Waals surface area contributed by atoms with E-state index < -0.39 is 17.5 Å². The van der Waals surface area contributed by atoms with Gasteiger partial charge in [0.05, 0.1) is 0 Å². The highest BCUT2D eigenvalue weighted by Crippen LogP contribution is 2.42. The Kier molecular flexibility index (Phi) is 7.38. The summed E-state index contributed by atoms with van der Waals surface area (Å²) in [6.45, 7) is 3.72. The van der Waals surface area contributed by atoms with Crippen LogP contribution >= 0.6 is 0 Å². The molecule has 0 saturated carbocycles. The molecule has 0 atom stereocenters. The van der Waals surface area contributed by atoms with Gasteiger partial charge < -0.3 is 19.5 Å². The molecule has 186 valence electrons. The van der Waals surface area contributed by atoms with E-state index in [1.807, 2.05) is 60.7 Å². The number of Topliss-reactive ketones (excluding diaryl/α,β-unsaturated/α-hetero) is 1. The molecule has 0 aromatic heterocycles. The van der Waals surface area contributed by atoms with Gasteiger partial charge in [-0.3, -0.25) is 9.59 Å². The molecular formula is C29H29NO6. The van der Waals surface area contributed by atoms with Crippen molar-refractivity contribution >= 4 is 17.8 Å². The zero-order valence-corrected chi connectivity index (χ0v) is 20.4. The van der Waals surface area contributed by atoms with Gasteiger partial charge in [0.25, 0.3) is 0 Å². The summed E-state index contributed by atoms with van der Waals surface area (Å²) in [7, 11) is 0. The van der Waals surface area contributed by atoms with Crippen molar-refractivity contribution in [2.45, 2.75) is 38.9 Å². The van der Waals surface area contributed by atoms with Gasteiger partial charge in [0.2, 0.25) is 0 Å². The maximum Gasteiger partial charge on any atom is 0.410 e. The van der Waals surface area contributed by atoms with E-state index in [0.29, 0.717) is 29.0 Å². The van der Waals surface area contributed by atoms with Crippen LogP contribution in [0.3, 0.4) is 0 Å². The Morgan fingerprint density at radius 1 is 0.889 bits per heavy atom. The zero-order chi connectivity index (χ0) is 25.7. The number of hydrogen-bond donors (Lipinski definition) is 1. The van der Waals surface area contributed by atoms with Crippen molar-refractivity contribution in [3.05, 3.63) is 101 Å². The van der Waals surface area contributed by atoms with Crippen LogP contribution in [0.4, 0.5) is 4.79 Å². The predicted octanol–water partition coefficient (Wildman–Crippen LogP) is 5.14. The second-order valence-electron chi connectivity index (χ2n) is 8.95. The minimum atomic E-state index is -1.43. The number of rotatable bonds is 9. The molecule has 0 unspecified atom stereocenters. The number of ether oxygens (including phenoxy) is 2. The monoisotopic (exact) mass is 487 g/mol. The number of hydrogen-bond acceptors (Lipinski definition) is 5. The van der Waals surface area contributed by atoms with E-state index in [0.717, 1.165) is 11.1 Å². The molecule has 1 fully saturated rings. The smallest absolute Gasteiger partial charge is 0.410 e. The zero-order valence-electron chi connectivity index (χ0n) is 20.4. The van der Waals surface area contributed by atoms with Gasteiger partial charge in [0.15, 0.2) is 5.78 Å². The van der Waals surface area contributed by atoms with Crippen LogP contribution in [0.15, 0.2) is 72.8 Å². The molecule has 1 saturated heterocycles. The summed E-state index contributed by atoms with van der Waals surface area (Å²) in [5, 5.41) is 10.3. The molecule has 1 N–H and O–H groups in total. The second kappa shape index (κ2) is 10.6. The summed E-state index contributed by atoms with van der Waals surface area (Å²) in [6.07, 6.45) is -0.358. The Bertz CT molecular complexity index is 1250. The normalized spacial score (nSPS) is 14.0. The summed E-state index contributed by atoms with van der Waals surface area (Å²) in [6, 6.07) is 22.2. The lowest BCUT2D eigenvalue weighted by Crippen LogP contribution is -2.65. The highest BCUT2D eigenvalue weighted by Gasteiger charge is 2.55. The van der Waals surface area contributed by atoms with E-state index in [1.54, 1.807) is 26.0 Å². The van der Waals surface area contributed by atoms with Gasteiger partial charge in [0.1, 0.15) is 24.4 Å². The third-order valence-electron chi connectivity index (χ3n) is 6.55. The summed E-state index contributed by atoms with van der Waals surface area (Å²) < 4.78 is 11.4. The molecule has 0 radical (unpaired) electrons. The standard InChI is InChI=1S/C29H29NO6/c1-3-24(31)23-14-15-25(35-16-21-10-6-4-7-11-21)20(2)26(23)29(27(32)33)18-30(19-29)28(34)36-17-22-12-8-5-9-13-22/h4-15H,3,16-19H2,1-2H3,(H,32,33). The van der Waals surface area contributed by atoms with Crippen LogP contribution in [0.25, 0.3) is 0 Å². The van der Waals surface area contributed by atoms with E-state index in [2.05, 4.69) is 0 Å². The molecule has 1 amide bonds. The van der Waals surface area contributed by atoms with Gasteiger partial charge in [-0.25, -0.2) is 4.79 Å². The Morgan fingerprint density at radius 3 is 2.03 bits per heavy atom. The van der Waals surface area contributed by atoms with Crippen molar-refractivity contribution in [2.24, 2.45) is 0 Å². The summed E-state index contributed by atoms with van der Waals surface area (Å²) in [5.41, 5.74) is 1.72. The van der Waals surface area contributed by atoms with Gasteiger partial charge in [-0.05, 0) is 41.3 Å². The number of carboxylic acids is 1. The van der Waals surface area contributed by atoms with Crippen molar-refractivity contribution in [3.8, 4) is 5.75 Å². The first-order valence-corrected chi connectivity index (χ1v) is 11.9. The first-order chi connectivity index (χ1) is 17.4. The van der Waals surface area contributed by atoms with Crippen LogP contribution in [-0.4, -0.2) is 40.9 Å². The molecule has 3 aromatic rings. The van der Waals surface area contributed by atoms with Gasteiger partial charge in [-0.2, -0.15) is 0 Å². The third kappa shape index (κ3) is 4.96. The maximum atomic E-state index is 12.8. The van der Waals surface area contributed by atoms with Crippen LogP contribution < -0.4 is 4.74 Å². The van der Waals surface area contributed by atoms with Crippen molar-refractivity contribution in [1.29, 1.82) is 0 Å². The quantitative estimate of drug-likeness (QED) is 0.420. The number of ketones is 1. The van der Waals surface area contributed by atoms with E-state index in [1.165, 1.54) is 4.90 Å². The van der Waals surface area contributed by atoms with Gasteiger partial charge in [-0.1, -0.05) is 67.6 Å². The van der Waals surface area contributed by atoms with Crippen LogP contribution in [0, 0.1) is 6.92 Å². The van der Waals surface area contributed by atoms with Gasteiger partial charge in [0, 0.05) is 25.1 Å². The van der Waals surface area contributed by atoms with Crippen molar-refractivity contribution < 1.29 is 29.0 Å². The lowest BCUT2D eigenvalue weighted by Gasteiger charge is -2.47. The number of benzene rings is 3. The van der Waals surface area contributed by atoms with Crippen molar-refractivity contribution in [3.63, 3.8) is 0 Å². The number of aliphatic carboxylic acids is 1. The molecule has 7 heteroatoms. The Balaban J connectivity index is 1.59. The van der Waals surface area contributed by atoms with Gasteiger partial charge >= 0.3 is 12.1 Å². The molecule has 1 heterocycles. The minimum absolute atomic E-state index is 0.0943. The predicted molar refractivity (Wildman–Crippen MR) is 134 cm³/mol. The summed E-state index contributed by atoms with van der Waals surface area (Å²) >= 11 is 0. The minimum Gasteiger partial charge on any atom is -0.489 e. The molecule has 3 aromatic carbocycles. The number of likely N-dealkylation sites (tertiary alicyclic amines) is 1. The van der Waals surface area contributed by atoms with Crippen LogP contribution in [0.5, 0.6) is 5.75 Å². The summed E-state index contributed by atoms with van der Waals surface area (Å²) in [5.74, 6) is -0.747. The lowest BCUT2D eigenvalue weighted by molar-refractivity contribution is -0.150. The third-order valence-corrected chi connectivity index (χ3v) is 6.55. The fourth-order valence-electron chi connectivity index (χ4n) is 4.57. The lowest BCUT2D eigenvalue weighted by atomic mass is 9.69. The van der Waals surface area contributed by atoms with Crippen LogP contribution in [-0.2, 0) is 28.2 Å². The van der Waals surface area contributed by atoms with Crippen LogP contribution in [0.1, 0.15) is 46.0 Å². The Morgan fingerprint density at radius 2 is 1.47 bits per heavy atom. The maximum absolute atomic E-state index is 12.8.